The molecule has 0 bridgehead atoms. The third-order valence-corrected chi connectivity index (χ3v) is 9.00. The predicted molar refractivity (Wildman–Crippen MR) is 167 cm³/mol. The van der Waals surface area contributed by atoms with Gasteiger partial charge in [-0.2, -0.15) is 18.3 Å². The minimum atomic E-state index is -5.08. The number of piperidine rings is 2. The van der Waals surface area contributed by atoms with Crippen LogP contribution in [0.3, 0.4) is 0 Å². The number of aromatic nitrogens is 4. The van der Waals surface area contributed by atoms with Crippen LogP contribution in [0.4, 0.5) is 23.4 Å². The van der Waals surface area contributed by atoms with Gasteiger partial charge in [-0.1, -0.05) is 18.2 Å². The molecule has 47 heavy (non-hydrogen) atoms. The Morgan fingerprint density at radius 1 is 0.915 bits per heavy atom. The summed E-state index contributed by atoms with van der Waals surface area (Å²) in [7, 11) is 0. The molecule has 0 aliphatic carbocycles. The highest BCUT2D eigenvalue weighted by atomic mass is 19.4. The standard InChI is InChI=1S/C30H35FN8O.C2HF3O2/c31-25-18-38(22-16-33-17-22)15-12-26(25)37-13-10-21(11-14-37)39-30-27(29(32)34-19-35-30)28(36-39)20-6-8-24(9-7-20)40-23-4-2-1-3-5-23;3-2(4,5)1(6)7/h1-9,19,21-22,25-26,33H,10-18H2,(H2,32,34,35);(H,6,7). The maximum Gasteiger partial charge on any atom is 0.490 e. The Morgan fingerprint density at radius 2 is 1.55 bits per heavy atom. The number of alkyl halides is 4. The normalized spacial score (nSPS) is 21.5. The lowest BCUT2D eigenvalue weighted by molar-refractivity contribution is -0.192. The fraction of sp³-hybridized carbons (Fsp3) is 0.438. The Kier molecular flexibility index (Phi) is 9.57. The van der Waals surface area contributed by atoms with Crippen LogP contribution in [0.2, 0.25) is 0 Å². The van der Waals surface area contributed by atoms with Crippen LogP contribution in [0, 0.1) is 0 Å². The first-order valence-electron chi connectivity index (χ1n) is 15.5. The van der Waals surface area contributed by atoms with E-state index in [1.165, 1.54) is 6.33 Å². The fourth-order valence-corrected chi connectivity index (χ4v) is 6.41. The predicted octanol–water partition coefficient (Wildman–Crippen LogP) is 4.52. The van der Waals surface area contributed by atoms with Crippen molar-refractivity contribution in [3.63, 3.8) is 0 Å². The second-order valence-corrected chi connectivity index (χ2v) is 11.9. The van der Waals surface area contributed by atoms with Crippen molar-refractivity contribution in [3.05, 3.63) is 60.9 Å². The number of fused-ring (bicyclic) bond motifs is 1. The molecule has 2 atom stereocenters. The lowest BCUT2D eigenvalue weighted by atomic mass is 9.95. The highest BCUT2D eigenvalue weighted by Gasteiger charge is 2.39. The number of hydrogen-bond donors (Lipinski definition) is 3. The maximum atomic E-state index is 15.3. The summed E-state index contributed by atoms with van der Waals surface area (Å²) in [4.78, 5) is 22.4. The first-order valence-corrected chi connectivity index (χ1v) is 15.5. The Hall–Kier alpha value is -4.34. The summed E-state index contributed by atoms with van der Waals surface area (Å²) in [6, 6.07) is 18.2. The summed E-state index contributed by atoms with van der Waals surface area (Å²) < 4.78 is 55.0. The Bertz CT molecular complexity index is 1660. The number of nitrogen functional groups attached to an aromatic ring is 1. The molecule has 3 aliphatic heterocycles. The number of carboxylic acids is 1. The number of nitrogens with zero attached hydrogens (tertiary/aromatic N) is 6. The first-order chi connectivity index (χ1) is 22.6. The average Bonchev–Trinajstić information content (AvgIpc) is 3.42. The zero-order valence-electron chi connectivity index (χ0n) is 25.5. The minimum absolute atomic E-state index is 0.00440. The molecule has 0 radical (unpaired) electrons. The number of anilines is 1. The summed E-state index contributed by atoms with van der Waals surface area (Å²) in [5.41, 5.74) is 8.81. The smallest absolute Gasteiger partial charge is 0.475 e. The number of nitrogens with one attached hydrogen (secondary N) is 1. The fourth-order valence-electron chi connectivity index (χ4n) is 6.41. The van der Waals surface area contributed by atoms with Crippen molar-refractivity contribution in [1.29, 1.82) is 0 Å². The van der Waals surface area contributed by atoms with Crippen LogP contribution in [0.5, 0.6) is 11.5 Å². The summed E-state index contributed by atoms with van der Waals surface area (Å²) in [6.07, 6.45) is -1.70. The Morgan fingerprint density at radius 3 is 2.15 bits per heavy atom. The van der Waals surface area contributed by atoms with E-state index in [0.29, 0.717) is 18.4 Å². The number of hydrogen-bond acceptors (Lipinski definition) is 9. The monoisotopic (exact) mass is 656 g/mol. The van der Waals surface area contributed by atoms with Gasteiger partial charge in [0.15, 0.2) is 5.65 Å². The van der Waals surface area contributed by atoms with E-state index in [1.807, 2.05) is 59.3 Å². The van der Waals surface area contributed by atoms with Crippen LogP contribution in [0.15, 0.2) is 60.9 Å². The zero-order chi connectivity index (χ0) is 33.1. The van der Waals surface area contributed by atoms with Crippen LogP contribution in [-0.2, 0) is 4.79 Å². The second-order valence-electron chi connectivity index (χ2n) is 11.9. The quantitative estimate of drug-likeness (QED) is 0.254. The van der Waals surface area contributed by atoms with Gasteiger partial charge in [-0.15, -0.1) is 0 Å². The third-order valence-electron chi connectivity index (χ3n) is 9.00. The molecule has 11 nitrogen and oxygen atoms in total. The molecule has 250 valence electrons. The molecule has 15 heteroatoms. The summed E-state index contributed by atoms with van der Waals surface area (Å²) >= 11 is 0. The van der Waals surface area contributed by atoms with Crippen molar-refractivity contribution < 1.29 is 32.2 Å². The Labute approximate surface area is 268 Å². The van der Waals surface area contributed by atoms with Crippen LogP contribution in [-0.4, -0.2) is 104 Å². The van der Waals surface area contributed by atoms with E-state index in [-0.39, 0.29) is 12.1 Å². The van der Waals surface area contributed by atoms with E-state index in [2.05, 4.69) is 25.1 Å². The van der Waals surface area contributed by atoms with E-state index in [0.717, 1.165) is 85.8 Å². The van der Waals surface area contributed by atoms with Crippen LogP contribution in [0.1, 0.15) is 25.3 Å². The molecule has 0 spiro atoms. The number of para-hydroxylation sites is 1. The van der Waals surface area contributed by atoms with Gasteiger partial charge in [0.05, 0.1) is 11.4 Å². The van der Waals surface area contributed by atoms with Crippen molar-refractivity contribution >= 4 is 22.8 Å². The van der Waals surface area contributed by atoms with E-state index in [9.17, 15) is 13.2 Å². The first kappa shape index (κ1) is 32.6. The molecule has 0 saturated carbocycles. The molecule has 0 amide bonds. The van der Waals surface area contributed by atoms with Gasteiger partial charge < -0.3 is 20.9 Å². The molecule has 2 aromatic heterocycles. The molecule has 3 aliphatic rings. The lowest BCUT2D eigenvalue weighted by Crippen LogP contribution is -2.63. The molecule has 3 fully saturated rings. The van der Waals surface area contributed by atoms with Crippen molar-refractivity contribution in [3.8, 4) is 22.8 Å². The number of rotatable bonds is 6. The maximum absolute atomic E-state index is 15.3. The van der Waals surface area contributed by atoms with Crippen molar-refractivity contribution in [2.24, 2.45) is 0 Å². The number of halogens is 4. The molecular weight excluding hydrogens is 620 g/mol. The van der Waals surface area contributed by atoms with E-state index in [4.69, 9.17) is 25.5 Å². The summed E-state index contributed by atoms with van der Waals surface area (Å²) in [5.74, 6) is -0.805. The number of aliphatic carboxylic acids is 1. The SMILES string of the molecule is Nc1ncnc2c1c(-c1ccc(Oc3ccccc3)cc1)nn2C1CCN(C2CCN(C3CNC3)CC2F)CC1.O=C(O)C(F)(F)F. The van der Waals surface area contributed by atoms with Crippen molar-refractivity contribution in [2.45, 2.75) is 49.7 Å². The van der Waals surface area contributed by atoms with Gasteiger partial charge in [-0.25, -0.2) is 23.8 Å². The number of carboxylic acid groups (broad SMARTS) is 1. The second kappa shape index (κ2) is 13.8. The van der Waals surface area contributed by atoms with Crippen LogP contribution >= 0.6 is 0 Å². The highest BCUT2D eigenvalue weighted by Crippen LogP contribution is 2.36. The molecule has 2 unspecified atom stereocenters. The van der Waals surface area contributed by atoms with E-state index in [1.54, 1.807) is 0 Å². The van der Waals surface area contributed by atoms with Gasteiger partial charge in [0, 0.05) is 56.9 Å². The molecule has 3 saturated heterocycles. The summed E-state index contributed by atoms with van der Waals surface area (Å²) in [5, 5.41) is 16.2. The number of benzene rings is 2. The number of ether oxygens (including phenoxy) is 1. The van der Waals surface area contributed by atoms with Gasteiger partial charge in [0.1, 0.15) is 35.5 Å². The van der Waals surface area contributed by atoms with Crippen molar-refractivity contribution in [2.75, 3.05) is 45.0 Å². The Balaban J connectivity index is 0.000000499. The van der Waals surface area contributed by atoms with E-state index >= 15 is 4.39 Å². The largest absolute Gasteiger partial charge is 0.490 e. The highest BCUT2D eigenvalue weighted by molar-refractivity contribution is 5.98. The van der Waals surface area contributed by atoms with Crippen LogP contribution in [0.25, 0.3) is 22.3 Å². The molecule has 5 heterocycles. The molecule has 4 N–H and O–H groups in total. The van der Waals surface area contributed by atoms with Crippen LogP contribution < -0.4 is 15.8 Å². The topological polar surface area (TPSA) is 135 Å². The van der Waals surface area contributed by atoms with Crippen molar-refractivity contribution in [1.82, 2.24) is 34.9 Å². The molecule has 4 aromatic rings. The van der Waals surface area contributed by atoms with Gasteiger partial charge in [-0.3, -0.25) is 9.80 Å². The van der Waals surface area contributed by atoms with Gasteiger partial charge in [0.25, 0.3) is 0 Å². The lowest BCUT2D eigenvalue weighted by Gasteiger charge is -2.47. The molecular formula is C32H36F4N8O3. The number of likely N-dealkylation sites (tertiary alicyclic amines) is 2. The van der Waals surface area contributed by atoms with Gasteiger partial charge in [0.2, 0.25) is 0 Å². The van der Waals surface area contributed by atoms with Gasteiger partial charge >= 0.3 is 12.1 Å². The van der Waals surface area contributed by atoms with Gasteiger partial charge in [-0.05, 0) is 55.7 Å². The summed E-state index contributed by atoms with van der Waals surface area (Å²) in [6.45, 7) is 5.21. The number of carbonyl (C=O) groups is 1. The third kappa shape index (κ3) is 7.31. The minimum Gasteiger partial charge on any atom is -0.475 e. The number of nitrogens with two attached hydrogens (primary N) is 1. The zero-order valence-corrected chi connectivity index (χ0v) is 25.5. The van der Waals surface area contributed by atoms with E-state index < -0.39 is 18.3 Å². The molecule has 2 aromatic carbocycles. The average molecular weight is 657 g/mol. The molecule has 7 rings (SSSR count).